The minimum atomic E-state index is -0.213. The van der Waals surface area contributed by atoms with Crippen LogP contribution in [0.5, 0.6) is 0 Å². The Morgan fingerprint density at radius 1 is 1.36 bits per heavy atom. The van der Waals surface area contributed by atoms with Gasteiger partial charge in [-0.15, -0.1) is 0 Å². The maximum absolute atomic E-state index is 11.9. The van der Waals surface area contributed by atoms with Gasteiger partial charge in [-0.2, -0.15) is 0 Å². The number of nitrogens with one attached hydrogen (secondary N) is 2. The monoisotopic (exact) mass is 316 g/mol. The number of aromatic nitrogens is 2. The van der Waals surface area contributed by atoms with Crippen LogP contribution in [-0.4, -0.2) is 33.7 Å². The molecular weight excluding hydrogens is 296 g/mol. The third-order valence-electron chi connectivity index (χ3n) is 3.50. The molecule has 1 saturated carbocycles. The van der Waals surface area contributed by atoms with Crippen LogP contribution in [0.3, 0.4) is 0 Å². The lowest BCUT2D eigenvalue weighted by molar-refractivity contribution is -0.120. The lowest BCUT2D eigenvalue weighted by Gasteiger charge is -2.12. The van der Waals surface area contributed by atoms with Gasteiger partial charge in [0.05, 0.1) is 10.8 Å². The lowest BCUT2D eigenvalue weighted by Crippen LogP contribution is -2.30. The molecule has 1 fully saturated rings. The van der Waals surface area contributed by atoms with Gasteiger partial charge in [0.2, 0.25) is 5.91 Å². The molecule has 1 heterocycles. The summed E-state index contributed by atoms with van der Waals surface area (Å²) >= 11 is 1.39. The standard InChI is InChI=1S/C16H20N4OS/c1-3-17-15(21)10(2)22-16-19-13-7-5-4-6-12(13)14(20-16)18-11-8-9-11/h4-7,10-11H,3,8-9H2,1-2H3,(H,17,21)(H,18,19,20). The van der Waals surface area contributed by atoms with E-state index in [0.29, 0.717) is 17.7 Å². The first-order chi connectivity index (χ1) is 10.7. The number of nitrogens with zero attached hydrogens (tertiary/aromatic N) is 2. The number of para-hydroxylation sites is 1. The molecule has 2 N–H and O–H groups in total. The molecule has 0 bridgehead atoms. The van der Waals surface area contributed by atoms with E-state index in [1.54, 1.807) is 0 Å². The summed E-state index contributed by atoms with van der Waals surface area (Å²) in [5.41, 5.74) is 0.909. The first-order valence-electron chi connectivity index (χ1n) is 7.65. The molecule has 1 amide bonds. The summed E-state index contributed by atoms with van der Waals surface area (Å²) in [6, 6.07) is 8.50. The Morgan fingerprint density at radius 3 is 2.86 bits per heavy atom. The van der Waals surface area contributed by atoms with Gasteiger partial charge >= 0.3 is 0 Å². The van der Waals surface area contributed by atoms with Gasteiger partial charge in [0.1, 0.15) is 5.82 Å². The van der Waals surface area contributed by atoms with Crippen molar-refractivity contribution in [1.82, 2.24) is 15.3 Å². The summed E-state index contributed by atoms with van der Waals surface area (Å²) in [4.78, 5) is 21.1. The first-order valence-corrected chi connectivity index (χ1v) is 8.53. The van der Waals surface area contributed by atoms with Crippen LogP contribution in [-0.2, 0) is 4.79 Å². The van der Waals surface area contributed by atoms with E-state index in [2.05, 4.69) is 20.6 Å². The number of fused-ring (bicyclic) bond motifs is 1. The van der Waals surface area contributed by atoms with Crippen LogP contribution in [0.4, 0.5) is 5.82 Å². The molecule has 116 valence electrons. The average molecular weight is 316 g/mol. The van der Waals surface area contributed by atoms with Crippen molar-refractivity contribution in [1.29, 1.82) is 0 Å². The Labute approximate surface area is 134 Å². The van der Waals surface area contributed by atoms with Crippen molar-refractivity contribution in [2.75, 3.05) is 11.9 Å². The summed E-state index contributed by atoms with van der Waals surface area (Å²) in [5.74, 6) is 0.889. The maximum Gasteiger partial charge on any atom is 0.233 e. The zero-order valence-corrected chi connectivity index (χ0v) is 13.6. The van der Waals surface area contributed by atoms with Crippen molar-refractivity contribution in [2.45, 2.75) is 43.1 Å². The molecule has 6 heteroatoms. The van der Waals surface area contributed by atoms with E-state index >= 15 is 0 Å². The fourth-order valence-electron chi connectivity index (χ4n) is 2.17. The summed E-state index contributed by atoms with van der Waals surface area (Å²) in [7, 11) is 0. The smallest absolute Gasteiger partial charge is 0.233 e. The maximum atomic E-state index is 11.9. The van der Waals surface area contributed by atoms with Crippen LogP contribution < -0.4 is 10.6 Å². The highest BCUT2D eigenvalue weighted by molar-refractivity contribution is 8.00. The average Bonchev–Trinajstić information content (AvgIpc) is 3.31. The highest BCUT2D eigenvalue weighted by Crippen LogP contribution is 2.30. The van der Waals surface area contributed by atoms with Gasteiger partial charge < -0.3 is 10.6 Å². The second-order valence-electron chi connectivity index (χ2n) is 5.45. The van der Waals surface area contributed by atoms with Crippen LogP contribution in [0.15, 0.2) is 29.4 Å². The van der Waals surface area contributed by atoms with Crippen molar-refractivity contribution in [3.05, 3.63) is 24.3 Å². The molecule has 0 spiro atoms. The number of rotatable bonds is 6. The van der Waals surface area contributed by atoms with E-state index in [9.17, 15) is 4.79 Å². The van der Waals surface area contributed by atoms with E-state index in [1.807, 2.05) is 38.1 Å². The molecular formula is C16H20N4OS. The van der Waals surface area contributed by atoms with Crippen molar-refractivity contribution in [2.24, 2.45) is 0 Å². The predicted octanol–water partition coefficient (Wildman–Crippen LogP) is 2.82. The number of hydrogen-bond acceptors (Lipinski definition) is 5. The number of benzene rings is 1. The van der Waals surface area contributed by atoms with E-state index < -0.39 is 0 Å². The minimum absolute atomic E-state index is 0.0148. The normalized spacial score (nSPS) is 15.5. The van der Waals surface area contributed by atoms with Crippen LogP contribution in [0.1, 0.15) is 26.7 Å². The zero-order chi connectivity index (χ0) is 15.5. The van der Waals surface area contributed by atoms with Gasteiger partial charge in [0, 0.05) is 18.0 Å². The number of anilines is 1. The third-order valence-corrected chi connectivity index (χ3v) is 4.46. The quantitative estimate of drug-likeness (QED) is 0.633. The molecule has 5 nitrogen and oxygen atoms in total. The van der Waals surface area contributed by atoms with Crippen LogP contribution >= 0.6 is 11.8 Å². The molecule has 2 aromatic rings. The van der Waals surface area contributed by atoms with Crippen molar-refractivity contribution >= 4 is 34.4 Å². The Hall–Kier alpha value is -1.82. The highest BCUT2D eigenvalue weighted by Gasteiger charge is 2.23. The molecule has 22 heavy (non-hydrogen) atoms. The van der Waals surface area contributed by atoms with Gasteiger partial charge in [-0.3, -0.25) is 4.79 Å². The topological polar surface area (TPSA) is 66.9 Å². The minimum Gasteiger partial charge on any atom is -0.367 e. The molecule has 1 aromatic carbocycles. The summed E-state index contributed by atoms with van der Waals surface area (Å²) < 4.78 is 0. The van der Waals surface area contributed by atoms with Crippen LogP contribution in [0.25, 0.3) is 10.9 Å². The fraction of sp³-hybridized carbons (Fsp3) is 0.438. The van der Waals surface area contributed by atoms with Gasteiger partial charge in [0.25, 0.3) is 0 Å². The molecule has 1 unspecified atom stereocenters. The van der Waals surface area contributed by atoms with Gasteiger partial charge in [-0.1, -0.05) is 23.9 Å². The number of hydrogen-bond donors (Lipinski definition) is 2. The second-order valence-corrected chi connectivity index (χ2v) is 6.75. The first kappa shape index (κ1) is 15.1. The molecule has 3 rings (SSSR count). The van der Waals surface area contributed by atoms with E-state index in [1.165, 1.54) is 24.6 Å². The Bertz CT molecular complexity index is 687. The SMILES string of the molecule is CCNC(=O)C(C)Sc1nc(NC2CC2)c2ccccc2n1. The van der Waals surface area contributed by atoms with Crippen molar-refractivity contribution < 1.29 is 4.79 Å². The third kappa shape index (κ3) is 3.50. The summed E-state index contributed by atoms with van der Waals surface area (Å²) in [5, 5.41) is 7.75. The van der Waals surface area contributed by atoms with Gasteiger partial charge in [0.15, 0.2) is 5.16 Å². The van der Waals surface area contributed by atoms with Crippen LogP contribution in [0, 0.1) is 0 Å². The van der Waals surface area contributed by atoms with E-state index in [-0.39, 0.29) is 11.2 Å². The van der Waals surface area contributed by atoms with Crippen molar-refractivity contribution in [3.8, 4) is 0 Å². The Kier molecular flexibility index (Phi) is 4.47. The fourth-order valence-corrected chi connectivity index (χ4v) is 2.97. The van der Waals surface area contributed by atoms with E-state index in [4.69, 9.17) is 0 Å². The number of thioether (sulfide) groups is 1. The summed E-state index contributed by atoms with van der Waals surface area (Å²) in [6.45, 7) is 4.43. The number of amides is 1. The second kappa shape index (κ2) is 6.52. The lowest BCUT2D eigenvalue weighted by atomic mass is 10.2. The largest absolute Gasteiger partial charge is 0.367 e. The summed E-state index contributed by atoms with van der Waals surface area (Å²) in [6.07, 6.45) is 2.38. The zero-order valence-electron chi connectivity index (χ0n) is 12.8. The Balaban J connectivity index is 1.87. The molecule has 1 aliphatic rings. The molecule has 1 atom stereocenters. The molecule has 0 aliphatic heterocycles. The van der Waals surface area contributed by atoms with Crippen LogP contribution in [0.2, 0.25) is 0 Å². The van der Waals surface area contributed by atoms with E-state index in [0.717, 1.165) is 16.7 Å². The predicted molar refractivity (Wildman–Crippen MR) is 90.2 cm³/mol. The molecule has 1 aliphatic carbocycles. The van der Waals surface area contributed by atoms with Gasteiger partial charge in [-0.05, 0) is 38.8 Å². The molecule has 0 saturated heterocycles. The number of carbonyl (C=O) groups is 1. The number of carbonyl (C=O) groups excluding carboxylic acids is 1. The molecule has 0 radical (unpaired) electrons. The molecule has 1 aromatic heterocycles. The Morgan fingerprint density at radius 2 is 2.14 bits per heavy atom. The highest BCUT2D eigenvalue weighted by atomic mass is 32.2. The van der Waals surface area contributed by atoms with Gasteiger partial charge in [-0.25, -0.2) is 9.97 Å². The van der Waals surface area contributed by atoms with Crippen molar-refractivity contribution in [3.63, 3.8) is 0 Å².